The number of amides is 1. The first-order chi connectivity index (χ1) is 7.34. The second-order valence-corrected chi connectivity index (χ2v) is 5.14. The lowest BCUT2D eigenvalue weighted by molar-refractivity contribution is -0.146. The summed E-state index contributed by atoms with van der Waals surface area (Å²) in [6.45, 7) is 4.70. The molecule has 1 heterocycles. The molecule has 0 bridgehead atoms. The number of carbonyl (C=O) groups is 2. The van der Waals surface area contributed by atoms with Crippen molar-refractivity contribution in [3.63, 3.8) is 0 Å². The molecule has 1 aromatic heterocycles. The molecule has 0 aliphatic heterocycles. The fourth-order valence-electron chi connectivity index (χ4n) is 1.14. The van der Waals surface area contributed by atoms with E-state index in [1.807, 2.05) is 17.5 Å². The standard InChI is InChI=1S/C11H15NO3S/c1-7(8-5-4-6-16-8)9(13)12-11(2,3)10(14)15/h4-7H,1-3H3,(H,12,13)(H,14,15). The number of hydrogen-bond acceptors (Lipinski definition) is 3. The molecule has 88 valence electrons. The van der Waals surface area contributed by atoms with Gasteiger partial charge in [0.05, 0.1) is 5.92 Å². The van der Waals surface area contributed by atoms with E-state index in [0.29, 0.717) is 0 Å². The molecule has 5 heteroatoms. The van der Waals surface area contributed by atoms with Crippen molar-refractivity contribution in [2.75, 3.05) is 0 Å². The van der Waals surface area contributed by atoms with Crippen LogP contribution in [0, 0.1) is 0 Å². The number of rotatable bonds is 4. The zero-order valence-corrected chi connectivity index (χ0v) is 10.3. The molecular formula is C11H15NO3S. The minimum Gasteiger partial charge on any atom is -0.480 e. The third kappa shape index (κ3) is 2.82. The zero-order valence-electron chi connectivity index (χ0n) is 9.48. The molecule has 0 fully saturated rings. The molecule has 0 spiro atoms. The Bertz CT molecular complexity index is 384. The largest absolute Gasteiger partial charge is 0.480 e. The molecule has 0 aromatic carbocycles. The van der Waals surface area contributed by atoms with E-state index >= 15 is 0 Å². The summed E-state index contributed by atoms with van der Waals surface area (Å²) in [5.41, 5.74) is -1.23. The van der Waals surface area contributed by atoms with E-state index in [4.69, 9.17) is 5.11 Å². The summed E-state index contributed by atoms with van der Waals surface area (Å²) in [6.07, 6.45) is 0. The summed E-state index contributed by atoms with van der Waals surface area (Å²) < 4.78 is 0. The van der Waals surface area contributed by atoms with Gasteiger partial charge in [-0.3, -0.25) is 4.79 Å². The van der Waals surface area contributed by atoms with Crippen molar-refractivity contribution >= 4 is 23.2 Å². The number of carboxylic acids is 1. The average Bonchev–Trinajstić information content (AvgIpc) is 2.68. The number of carbonyl (C=O) groups excluding carboxylic acids is 1. The molecule has 1 atom stereocenters. The van der Waals surface area contributed by atoms with Gasteiger partial charge in [0.15, 0.2) is 0 Å². The number of nitrogens with one attached hydrogen (secondary N) is 1. The van der Waals surface area contributed by atoms with Crippen LogP contribution in [0.5, 0.6) is 0 Å². The Hall–Kier alpha value is -1.36. The highest BCUT2D eigenvalue weighted by molar-refractivity contribution is 7.10. The molecule has 0 radical (unpaired) electrons. The van der Waals surface area contributed by atoms with Crippen LogP contribution in [0.3, 0.4) is 0 Å². The van der Waals surface area contributed by atoms with Crippen molar-refractivity contribution < 1.29 is 14.7 Å². The van der Waals surface area contributed by atoms with E-state index in [0.717, 1.165) is 4.88 Å². The van der Waals surface area contributed by atoms with Gasteiger partial charge in [-0.2, -0.15) is 0 Å². The molecule has 1 rings (SSSR count). The maximum absolute atomic E-state index is 11.8. The molecule has 0 aliphatic carbocycles. The lowest BCUT2D eigenvalue weighted by Gasteiger charge is -2.23. The molecule has 1 amide bonds. The van der Waals surface area contributed by atoms with E-state index in [2.05, 4.69) is 5.32 Å². The third-order valence-electron chi connectivity index (χ3n) is 2.33. The van der Waals surface area contributed by atoms with E-state index < -0.39 is 11.5 Å². The summed E-state index contributed by atoms with van der Waals surface area (Å²) in [7, 11) is 0. The quantitative estimate of drug-likeness (QED) is 0.845. The predicted octanol–water partition coefficient (Wildman–Crippen LogP) is 1.83. The fraction of sp³-hybridized carbons (Fsp3) is 0.455. The maximum Gasteiger partial charge on any atom is 0.328 e. The molecule has 1 unspecified atom stereocenters. The van der Waals surface area contributed by atoms with Gasteiger partial charge in [0, 0.05) is 4.88 Å². The Morgan fingerprint density at radius 2 is 2.12 bits per heavy atom. The Morgan fingerprint density at radius 3 is 2.56 bits per heavy atom. The number of hydrogen-bond donors (Lipinski definition) is 2. The van der Waals surface area contributed by atoms with Crippen LogP contribution in [0.4, 0.5) is 0 Å². The summed E-state index contributed by atoms with van der Waals surface area (Å²) in [5.74, 6) is -1.63. The van der Waals surface area contributed by atoms with E-state index in [1.165, 1.54) is 25.2 Å². The van der Waals surface area contributed by atoms with E-state index in [9.17, 15) is 9.59 Å². The van der Waals surface area contributed by atoms with Gasteiger partial charge in [-0.1, -0.05) is 6.07 Å². The van der Waals surface area contributed by atoms with Crippen molar-refractivity contribution in [2.24, 2.45) is 0 Å². The smallest absolute Gasteiger partial charge is 0.328 e. The Balaban J connectivity index is 2.70. The van der Waals surface area contributed by atoms with Crippen LogP contribution >= 0.6 is 11.3 Å². The Morgan fingerprint density at radius 1 is 1.50 bits per heavy atom. The topological polar surface area (TPSA) is 66.4 Å². The van der Waals surface area contributed by atoms with E-state index in [-0.39, 0.29) is 11.8 Å². The minimum atomic E-state index is -1.23. The Kier molecular flexibility index (Phi) is 3.70. The van der Waals surface area contributed by atoms with Gasteiger partial charge >= 0.3 is 5.97 Å². The minimum absolute atomic E-state index is 0.269. The van der Waals surface area contributed by atoms with Crippen LogP contribution in [0.1, 0.15) is 31.6 Å². The molecule has 16 heavy (non-hydrogen) atoms. The van der Waals surface area contributed by atoms with Gasteiger partial charge in [0.1, 0.15) is 5.54 Å². The maximum atomic E-state index is 11.8. The lowest BCUT2D eigenvalue weighted by Crippen LogP contribution is -2.50. The van der Waals surface area contributed by atoms with Gasteiger partial charge in [-0.05, 0) is 32.2 Å². The lowest BCUT2D eigenvalue weighted by atomic mass is 10.0. The van der Waals surface area contributed by atoms with Crippen molar-refractivity contribution in [1.82, 2.24) is 5.32 Å². The van der Waals surface area contributed by atoms with Gasteiger partial charge in [0.2, 0.25) is 5.91 Å². The van der Waals surface area contributed by atoms with Crippen LogP contribution in [0.2, 0.25) is 0 Å². The highest BCUT2D eigenvalue weighted by Crippen LogP contribution is 2.21. The first-order valence-corrected chi connectivity index (χ1v) is 5.81. The SMILES string of the molecule is CC(C(=O)NC(C)(C)C(=O)O)c1cccs1. The van der Waals surface area contributed by atoms with Gasteiger partial charge in [0.25, 0.3) is 0 Å². The van der Waals surface area contributed by atoms with Crippen molar-refractivity contribution in [2.45, 2.75) is 32.2 Å². The second-order valence-electron chi connectivity index (χ2n) is 4.16. The molecule has 0 aliphatic rings. The van der Waals surface area contributed by atoms with Crippen molar-refractivity contribution in [3.8, 4) is 0 Å². The van der Waals surface area contributed by atoms with Crippen LogP contribution in [-0.2, 0) is 9.59 Å². The highest BCUT2D eigenvalue weighted by atomic mass is 32.1. The Labute approximate surface area is 98.3 Å². The molecule has 1 aromatic rings. The highest BCUT2D eigenvalue weighted by Gasteiger charge is 2.31. The van der Waals surface area contributed by atoms with Gasteiger partial charge in [-0.15, -0.1) is 11.3 Å². The monoisotopic (exact) mass is 241 g/mol. The average molecular weight is 241 g/mol. The number of thiophene rings is 1. The molecular weight excluding hydrogens is 226 g/mol. The van der Waals surface area contributed by atoms with Crippen LogP contribution in [0.25, 0.3) is 0 Å². The first-order valence-electron chi connectivity index (χ1n) is 4.93. The molecule has 4 nitrogen and oxygen atoms in total. The summed E-state index contributed by atoms with van der Waals surface area (Å²) >= 11 is 1.49. The van der Waals surface area contributed by atoms with Crippen LogP contribution in [0.15, 0.2) is 17.5 Å². The number of aliphatic carboxylic acids is 1. The fourth-order valence-corrected chi connectivity index (χ4v) is 1.92. The van der Waals surface area contributed by atoms with Gasteiger partial charge < -0.3 is 10.4 Å². The van der Waals surface area contributed by atoms with Crippen molar-refractivity contribution in [3.05, 3.63) is 22.4 Å². The van der Waals surface area contributed by atoms with Crippen LogP contribution in [-0.4, -0.2) is 22.5 Å². The molecule has 0 saturated carbocycles. The predicted molar refractivity (Wildman–Crippen MR) is 62.6 cm³/mol. The molecule has 0 saturated heterocycles. The summed E-state index contributed by atoms with van der Waals surface area (Å²) in [6, 6.07) is 3.73. The number of carboxylic acid groups (broad SMARTS) is 1. The zero-order chi connectivity index (χ0) is 12.3. The van der Waals surface area contributed by atoms with E-state index in [1.54, 1.807) is 6.92 Å². The first kappa shape index (κ1) is 12.7. The van der Waals surface area contributed by atoms with Crippen molar-refractivity contribution in [1.29, 1.82) is 0 Å². The van der Waals surface area contributed by atoms with Crippen LogP contribution < -0.4 is 5.32 Å². The summed E-state index contributed by atoms with van der Waals surface area (Å²) in [4.78, 5) is 23.6. The normalized spacial score (nSPS) is 13.2. The third-order valence-corrected chi connectivity index (χ3v) is 3.39. The summed E-state index contributed by atoms with van der Waals surface area (Å²) in [5, 5.41) is 13.3. The molecule has 2 N–H and O–H groups in total. The second kappa shape index (κ2) is 4.65. The van der Waals surface area contributed by atoms with Gasteiger partial charge in [-0.25, -0.2) is 4.79 Å².